The summed E-state index contributed by atoms with van der Waals surface area (Å²) in [4.78, 5) is 12.7. The zero-order valence-electron chi connectivity index (χ0n) is 7.62. The molecule has 2 unspecified atom stereocenters. The van der Waals surface area contributed by atoms with Crippen molar-refractivity contribution >= 4 is 6.09 Å². The summed E-state index contributed by atoms with van der Waals surface area (Å²) in [6.45, 7) is 3.49. The monoisotopic (exact) mass is 172 g/mol. The lowest BCUT2D eigenvalue weighted by Gasteiger charge is -2.16. The van der Waals surface area contributed by atoms with Gasteiger partial charge >= 0.3 is 6.09 Å². The molecule has 0 aromatic rings. The molecule has 0 radical (unpaired) electrons. The van der Waals surface area contributed by atoms with Crippen LogP contribution in [-0.2, 0) is 4.74 Å². The van der Waals surface area contributed by atoms with E-state index in [1.807, 2.05) is 6.92 Å². The average Bonchev–Trinajstić information content (AvgIpc) is 2.51. The molecule has 4 heteroatoms. The SMILES string of the molecule is COC(=O)N1CCC(C(C)N)C1. The Labute approximate surface area is 72.7 Å². The van der Waals surface area contributed by atoms with Gasteiger partial charge in [0, 0.05) is 19.1 Å². The molecular weight excluding hydrogens is 156 g/mol. The van der Waals surface area contributed by atoms with Crippen molar-refractivity contribution in [3.05, 3.63) is 0 Å². The number of carbonyl (C=O) groups excluding carboxylic acids is 1. The van der Waals surface area contributed by atoms with E-state index in [0.717, 1.165) is 19.5 Å². The van der Waals surface area contributed by atoms with Crippen LogP contribution >= 0.6 is 0 Å². The van der Waals surface area contributed by atoms with Crippen molar-refractivity contribution in [2.45, 2.75) is 19.4 Å². The van der Waals surface area contributed by atoms with Crippen LogP contribution in [-0.4, -0.2) is 37.2 Å². The first-order valence-corrected chi connectivity index (χ1v) is 4.23. The molecule has 1 rings (SSSR count). The molecule has 12 heavy (non-hydrogen) atoms. The van der Waals surface area contributed by atoms with Crippen LogP contribution in [0.1, 0.15) is 13.3 Å². The highest BCUT2D eigenvalue weighted by molar-refractivity contribution is 5.67. The van der Waals surface area contributed by atoms with Crippen molar-refractivity contribution in [1.29, 1.82) is 0 Å². The van der Waals surface area contributed by atoms with Crippen molar-refractivity contribution in [3.8, 4) is 0 Å². The molecule has 1 heterocycles. The third kappa shape index (κ3) is 1.88. The van der Waals surface area contributed by atoms with Crippen molar-refractivity contribution in [2.75, 3.05) is 20.2 Å². The number of hydrogen-bond donors (Lipinski definition) is 1. The summed E-state index contributed by atoms with van der Waals surface area (Å²) in [5, 5.41) is 0. The fourth-order valence-corrected chi connectivity index (χ4v) is 1.51. The number of carbonyl (C=O) groups is 1. The van der Waals surface area contributed by atoms with Gasteiger partial charge in [0.1, 0.15) is 0 Å². The van der Waals surface area contributed by atoms with E-state index in [9.17, 15) is 4.79 Å². The van der Waals surface area contributed by atoms with Gasteiger partial charge in [0.25, 0.3) is 0 Å². The summed E-state index contributed by atoms with van der Waals surface area (Å²) >= 11 is 0. The van der Waals surface area contributed by atoms with Gasteiger partial charge in [0.2, 0.25) is 0 Å². The zero-order valence-corrected chi connectivity index (χ0v) is 7.62. The van der Waals surface area contributed by atoms with Crippen LogP contribution < -0.4 is 5.73 Å². The highest BCUT2D eigenvalue weighted by Crippen LogP contribution is 2.18. The molecule has 2 N–H and O–H groups in total. The topological polar surface area (TPSA) is 55.6 Å². The van der Waals surface area contributed by atoms with E-state index in [0.29, 0.717) is 5.92 Å². The Morgan fingerprint density at radius 2 is 2.42 bits per heavy atom. The Bertz CT molecular complexity index is 170. The number of rotatable bonds is 1. The maximum Gasteiger partial charge on any atom is 0.409 e. The van der Waals surface area contributed by atoms with E-state index in [1.54, 1.807) is 4.90 Å². The third-order valence-electron chi connectivity index (χ3n) is 2.40. The predicted octanol–water partition coefficient (Wildman–Crippen LogP) is 0.422. The smallest absolute Gasteiger partial charge is 0.409 e. The minimum atomic E-state index is -0.238. The lowest BCUT2D eigenvalue weighted by Crippen LogP contribution is -2.32. The van der Waals surface area contributed by atoms with E-state index >= 15 is 0 Å². The number of nitrogens with two attached hydrogens (primary N) is 1. The van der Waals surface area contributed by atoms with Crippen LogP contribution in [0.5, 0.6) is 0 Å². The standard InChI is InChI=1S/C8H16N2O2/c1-6(9)7-3-4-10(5-7)8(11)12-2/h6-7H,3-5,9H2,1-2H3. The highest BCUT2D eigenvalue weighted by Gasteiger charge is 2.28. The summed E-state index contributed by atoms with van der Waals surface area (Å²) in [6, 6.07) is 0.166. The second kappa shape index (κ2) is 3.76. The molecule has 0 saturated carbocycles. The van der Waals surface area contributed by atoms with E-state index < -0.39 is 0 Å². The molecule has 4 nitrogen and oxygen atoms in total. The molecular formula is C8H16N2O2. The van der Waals surface area contributed by atoms with Crippen molar-refractivity contribution in [2.24, 2.45) is 11.7 Å². The van der Waals surface area contributed by atoms with Crippen LogP contribution in [0, 0.1) is 5.92 Å². The highest BCUT2D eigenvalue weighted by atomic mass is 16.5. The first kappa shape index (κ1) is 9.32. The quantitative estimate of drug-likeness (QED) is 0.623. The summed E-state index contributed by atoms with van der Waals surface area (Å²) in [5.41, 5.74) is 5.72. The molecule has 1 aliphatic heterocycles. The van der Waals surface area contributed by atoms with Crippen LogP contribution in [0.2, 0.25) is 0 Å². The summed E-state index contributed by atoms with van der Waals surface area (Å²) in [6.07, 6.45) is 0.755. The minimum Gasteiger partial charge on any atom is -0.453 e. The van der Waals surface area contributed by atoms with E-state index in [1.165, 1.54) is 7.11 Å². The fourth-order valence-electron chi connectivity index (χ4n) is 1.51. The Morgan fingerprint density at radius 1 is 1.75 bits per heavy atom. The van der Waals surface area contributed by atoms with E-state index in [4.69, 9.17) is 5.73 Å². The molecule has 1 saturated heterocycles. The number of ether oxygens (including phenoxy) is 1. The van der Waals surface area contributed by atoms with Crippen LogP contribution in [0.4, 0.5) is 4.79 Å². The van der Waals surface area contributed by atoms with Gasteiger partial charge in [0.05, 0.1) is 7.11 Å². The normalized spacial score (nSPS) is 25.6. The molecule has 1 amide bonds. The maximum atomic E-state index is 11.0. The van der Waals surface area contributed by atoms with E-state index in [2.05, 4.69) is 4.74 Å². The third-order valence-corrected chi connectivity index (χ3v) is 2.40. The second-order valence-corrected chi connectivity index (χ2v) is 3.32. The van der Waals surface area contributed by atoms with Gasteiger partial charge in [-0.3, -0.25) is 0 Å². The van der Waals surface area contributed by atoms with Gasteiger partial charge in [-0.1, -0.05) is 0 Å². The molecule has 0 aromatic heterocycles. The fraction of sp³-hybridized carbons (Fsp3) is 0.875. The molecule has 0 aliphatic carbocycles. The lowest BCUT2D eigenvalue weighted by molar-refractivity contribution is 0.131. The number of likely N-dealkylation sites (tertiary alicyclic amines) is 1. The maximum absolute atomic E-state index is 11.0. The largest absolute Gasteiger partial charge is 0.453 e. The molecule has 1 fully saturated rings. The van der Waals surface area contributed by atoms with Gasteiger partial charge in [-0.15, -0.1) is 0 Å². The van der Waals surface area contributed by atoms with Gasteiger partial charge < -0.3 is 15.4 Å². The lowest BCUT2D eigenvalue weighted by atomic mass is 10.0. The van der Waals surface area contributed by atoms with Crippen molar-refractivity contribution in [1.82, 2.24) is 4.90 Å². The van der Waals surface area contributed by atoms with Gasteiger partial charge in [-0.05, 0) is 19.3 Å². The molecule has 1 aliphatic rings. The van der Waals surface area contributed by atoms with Crippen LogP contribution in [0.25, 0.3) is 0 Å². The average molecular weight is 172 g/mol. The minimum absolute atomic E-state index is 0.166. The Kier molecular flexibility index (Phi) is 2.92. The van der Waals surface area contributed by atoms with Gasteiger partial charge in [0.15, 0.2) is 0 Å². The Balaban J connectivity index is 2.40. The predicted molar refractivity (Wildman–Crippen MR) is 45.7 cm³/mol. The summed E-state index contributed by atoms with van der Waals surface area (Å²) in [7, 11) is 1.40. The Hall–Kier alpha value is -0.770. The zero-order chi connectivity index (χ0) is 9.14. The number of methoxy groups -OCH3 is 1. The van der Waals surface area contributed by atoms with Crippen molar-refractivity contribution in [3.63, 3.8) is 0 Å². The molecule has 0 aromatic carbocycles. The first-order chi connectivity index (χ1) is 5.65. The van der Waals surface area contributed by atoms with Crippen LogP contribution in [0.3, 0.4) is 0 Å². The Morgan fingerprint density at radius 3 is 2.83 bits per heavy atom. The van der Waals surface area contributed by atoms with E-state index in [-0.39, 0.29) is 12.1 Å². The summed E-state index contributed by atoms with van der Waals surface area (Å²) in [5.74, 6) is 0.434. The first-order valence-electron chi connectivity index (χ1n) is 4.23. The van der Waals surface area contributed by atoms with Crippen molar-refractivity contribution < 1.29 is 9.53 Å². The number of hydrogen-bond acceptors (Lipinski definition) is 3. The molecule has 0 bridgehead atoms. The second-order valence-electron chi connectivity index (χ2n) is 3.32. The molecule has 70 valence electrons. The van der Waals surface area contributed by atoms with Gasteiger partial charge in [-0.2, -0.15) is 0 Å². The number of amides is 1. The van der Waals surface area contributed by atoms with Crippen LogP contribution in [0.15, 0.2) is 0 Å². The molecule has 2 atom stereocenters. The van der Waals surface area contributed by atoms with Gasteiger partial charge in [-0.25, -0.2) is 4.79 Å². The summed E-state index contributed by atoms with van der Waals surface area (Å²) < 4.78 is 4.61. The molecule has 0 spiro atoms. The number of nitrogens with zero attached hydrogens (tertiary/aromatic N) is 1.